The molecule has 1 saturated heterocycles. The van der Waals surface area contributed by atoms with Crippen molar-refractivity contribution in [3.8, 4) is 11.5 Å². The van der Waals surface area contributed by atoms with Gasteiger partial charge in [-0.1, -0.05) is 0 Å². The van der Waals surface area contributed by atoms with E-state index in [-0.39, 0.29) is 24.5 Å². The zero-order valence-corrected chi connectivity index (χ0v) is 21.1. The average molecular weight is 490 g/mol. The van der Waals surface area contributed by atoms with Crippen LogP contribution in [0.1, 0.15) is 38.3 Å². The Kier molecular flexibility index (Phi) is 8.97. The number of hydrogen-bond donors (Lipinski definition) is 1. The van der Waals surface area contributed by atoms with Crippen molar-refractivity contribution in [3.63, 3.8) is 0 Å². The first-order valence-corrected chi connectivity index (χ1v) is 11.9. The number of hydrogen-bond acceptors (Lipinski definition) is 8. The molecular weight excluding hydrogens is 454 g/mol. The molecule has 3 rings (SSSR count). The molecule has 10 heteroatoms. The largest absolute Gasteiger partial charge is 0.497 e. The van der Waals surface area contributed by atoms with E-state index in [1.54, 1.807) is 46.2 Å². The number of nitrogens with zero attached hydrogens (tertiary/aromatic N) is 2. The summed E-state index contributed by atoms with van der Waals surface area (Å²) in [5, 5.41) is 2.91. The predicted octanol–water partition coefficient (Wildman–Crippen LogP) is 2.49. The first-order valence-electron chi connectivity index (χ1n) is 11.9. The van der Waals surface area contributed by atoms with Crippen LogP contribution in [-0.2, 0) is 19.1 Å². The Morgan fingerprint density at radius 3 is 2.51 bits per heavy atom. The van der Waals surface area contributed by atoms with Gasteiger partial charge in [0.25, 0.3) is 0 Å². The SMILES string of the molecule is CCOC(=O)C1=C(CN2CCC[C@H](C(=O)OCC)C2)N(C)C(=O)N[C@H]1c1ccc(OC)cc1OC. The third-order valence-corrected chi connectivity index (χ3v) is 6.32. The zero-order valence-electron chi connectivity index (χ0n) is 21.1. The maximum atomic E-state index is 13.3. The molecule has 0 aromatic heterocycles. The number of benzene rings is 1. The Hall–Kier alpha value is -3.27. The van der Waals surface area contributed by atoms with Crippen molar-refractivity contribution >= 4 is 18.0 Å². The first-order chi connectivity index (χ1) is 16.8. The lowest BCUT2D eigenvalue weighted by atomic mass is 9.92. The summed E-state index contributed by atoms with van der Waals surface area (Å²) in [4.78, 5) is 42.1. The van der Waals surface area contributed by atoms with Gasteiger partial charge < -0.3 is 24.3 Å². The average Bonchev–Trinajstić information content (AvgIpc) is 2.86. The molecule has 0 saturated carbocycles. The van der Waals surface area contributed by atoms with Crippen LogP contribution in [0.3, 0.4) is 0 Å². The molecule has 2 heterocycles. The van der Waals surface area contributed by atoms with Crippen molar-refractivity contribution in [1.29, 1.82) is 0 Å². The highest BCUT2D eigenvalue weighted by Crippen LogP contribution is 2.38. The molecule has 0 aliphatic carbocycles. The van der Waals surface area contributed by atoms with E-state index in [0.29, 0.717) is 48.0 Å². The number of amides is 2. The minimum absolute atomic E-state index is 0.189. The van der Waals surface area contributed by atoms with Gasteiger partial charge in [0.05, 0.1) is 45.0 Å². The smallest absolute Gasteiger partial charge is 0.338 e. The Morgan fingerprint density at radius 1 is 1.11 bits per heavy atom. The van der Waals surface area contributed by atoms with Crippen molar-refractivity contribution in [2.75, 3.05) is 54.1 Å². The lowest BCUT2D eigenvalue weighted by Gasteiger charge is -2.38. The second kappa shape index (κ2) is 11.9. The van der Waals surface area contributed by atoms with Gasteiger partial charge in [0, 0.05) is 37.5 Å². The predicted molar refractivity (Wildman–Crippen MR) is 128 cm³/mol. The number of likely N-dealkylation sites (N-methyl/N-ethyl adjacent to an activating group) is 1. The minimum Gasteiger partial charge on any atom is -0.497 e. The molecule has 1 aromatic carbocycles. The summed E-state index contributed by atoms with van der Waals surface area (Å²) in [6.45, 7) is 5.59. The molecule has 0 unspecified atom stereocenters. The Balaban J connectivity index is 2.03. The summed E-state index contributed by atoms with van der Waals surface area (Å²) in [5.74, 6) is 0.0878. The zero-order chi connectivity index (χ0) is 25.5. The van der Waals surface area contributed by atoms with Gasteiger partial charge in [-0.25, -0.2) is 9.59 Å². The monoisotopic (exact) mass is 489 g/mol. The molecule has 10 nitrogen and oxygen atoms in total. The standard InChI is InChI=1S/C25H35N3O7/c1-6-34-23(29)16-9-8-12-28(14-16)15-19-21(24(30)35-7-2)22(26-25(31)27(19)3)18-11-10-17(32-4)13-20(18)33-5/h10-11,13,16,22H,6-9,12,14-15H2,1-5H3,(H,26,31)/t16-,22-/m0/s1. The van der Waals surface area contributed by atoms with Gasteiger partial charge in [-0.05, 0) is 45.4 Å². The van der Waals surface area contributed by atoms with Crippen LogP contribution in [0, 0.1) is 5.92 Å². The van der Waals surface area contributed by atoms with Crippen LogP contribution in [0.2, 0.25) is 0 Å². The van der Waals surface area contributed by atoms with Gasteiger partial charge in [0.2, 0.25) is 0 Å². The molecule has 2 aliphatic heterocycles. The molecule has 192 valence electrons. The van der Waals surface area contributed by atoms with Crippen LogP contribution in [0.4, 0.5) is 4.79 Å². The lowest BCUT2D eigenvalue weighted by Crippen LogP contribution is -2.50. The number of rotatable bonds is 9. The number of carbonyl (C=O) groups is 3. The fraction of sp³-hybridized carbons (Fsp3) is 0.560. The third kappa shape index (κ3) is 5.87. The molecule has 1 fully saturated rings. The molecule has 35 heavy (non-hydrogen) atoms. The number of nitrogens with one attached hydrogen (secondary N) is 1. The summed E-state index contributed by atoms with van der Waals surface area (Å²) in [6.07, 6.45) is 1.57. The number of ether oxygens (including phenoxy) is 4. The Bertz CT molecular complexity index is 978. The fourth-order valence-corrected chi connectivity index (χ4v) is 4.55. The Morgan fingerprint density at radius 2 is 1.86 bits per heavy atom. The fourth-order valence-electron chi connectivity index (χ4n) is 4.55. The van der Waals surface area contributed by atoms with E-state index in [9.17, 15) is 14.4 Å². The highest BCUT2D eigenvalue weighted by molar-refractivity contribution is 5.95. The third-order valence-electron chi connectivity index (χ3n) is 6.32. The van der Waals surface area contributed by atoms with E-state index in [1.807, 2.05) is 0 Å². The van der Waals surface area contributed by atoms with Gasteiger partial charge in [0.15, 0.2) is 0 Å². The molecule has 1 aromatic rings. The van der Waals surface area contributed by atoms with Crippen LogP contribution >= 0.6 is 0 Å². The summed E-state index contributed by atoms with van der Waals surface area (Å²) in [7, 11) is 4.70. The van der Waals surface area contributed by atoms with Gasteiger partial charge >= 0.3 is 18.0 Å². The van der Waals surface area contributed by atoms with Crippen LogP contribution in [0.15, 0.2) is 29.5 Å². The highest BCUT2D eigenvalue weighted by Gasteiger charge is 2.39. The van der Waals surface area contributed by atoms with E-state index >= 15 is 0 Å². The normalized spacial score (nSPS) is 20.8. The van der Waals surface area contributed by atoms with Crippen LogP contribution < -0.4 is 14.8 Å². The van der Waals surface area contributed by atoms with Gasteiger partial charge in [0.1, 0.15) is 11.5 Å². The molecule has 0 spiro atoms. The van der Waals surface area contributed by atoms with E-state index in [4.69, 9.17) is 18.9 Å². The number of methoxy groups -OCH3 is 2. The van der Waals surface area contributed by atoms with Crippen molar-refractivity contribution in [1.82, 2.24) is 15.1 Å². The number of piperidine rings is 1. The summed E-state index contributed by atoms with van der Waals surface area (Å²) in [5.41, 5.74) is 1.47. The topological polar surface area (TPSA) is 107 Å². The van der Waals surface area contributed by atoms with Crippen molar-refractivity contribution in [2.45, 2.75) is 32.7 Å². The Labute approximate surface area is 206 Å². The number of carbonyl (C=O) groups excluding carboxylic acids is 3. The number of urea groups is 1. The second-order valence-corrected chi connectivity index (χ2v) is 8.46. The molecule has 2 amide bonds. The molecular formula is C25H35N3O7. The molecule has 0 radical (unpaired) electrons. The maximum Gasteiger partial charge on any atom is 0.338 e. The van der Waals surface area contributed by atoms with Crippen molar-refractivity contribution < 1.29 is 33.3 Å². The molecule has 2 aliphatic rings. The van der Waals surface area contributed by atoms with Gasteiger partial charge in [-0.15, -0.1) is 0 Å². The summed E-state index contributed by atoms with van der Waals surface area (Å²) in [6, 6.07) is 4.09. The number of esters is 2. The molecule has 0 bridgehead atoms. The summed E-state index contributed by atoms with van der Waals surface area (Å²) >= 11 is 0. The van der Waals surface area contributed by atoms with Crippen molar-refractivity contribution in [2.24, 2.45) is 5.92 Å². The molecule has 1 N–H and O–H groups in total. The van der Waals surface area contributed by atoms with Gasteiger partial charge in [-0.3, -0.25) is 14.6 Å². The van der Waals surface area contributed by atoms with Crippen LogP contribution in [0.25, 0.3) is 0 Å². The van der Waals surface area contributed by atoms with Gasteiger partial charge in [-0.2, -0.15) is 0 Å². The first kappa shape index (κ1) is 26.3. The lowest BCUT2D eigenvalue weighted by molar-refractivity contribution is -0.150. The van der Waals surface area contributed by atoms with Crippen LogP contribution in [-0.4, -0.2) is 81.9 Å². The van der Waals surface area contributed by atoms with Crippen LogP contribution in [0.5, 0.6) is 11.5 Å². The quantitative estimate of drug-likeness (QED) is 0.528. The number of likely N-dealkylation sites (tertiary alicyclic amines) is 1. The van der Waals surface area contributed by atoms with E-state index in [0.717, 1.165) is 19.4 Å². The minimum atomic E-state index is -0.778. The van der Waals surface area contributed by atoms with E-state index in [1.165, 1.54) is 12.0 Å². The maximum absolute atomic E-state index is 13.3. The molecule has 2 atom stereocenters. The highest BCUT2D eigenvalue weighted by atomic mass is 16.5. The van der Waals surface area contributed by atoms with E-state index in [2.05, 4.69) is 10.2 Å². The van der Waals surface area contributed by atoms with Crippen molar-refractivity contribution in [3.05, 3.63) is 35.0 Å². The summed E-state index contributed by atoms with van der Waals surface area (Å²) < 4.78 is 21.5. The second-order valence-electron chi connectivity index (χ2n) is 8.46. The van der Waals surface area contributed by atoms with E-state index < -0.39 is 12.0 Å².